The molecule has 0 bridgehead atoms. The SMILES string of the molecule is CC(C)(C)OC(=O)NCc1cc(F)cc(-c2cccc(C(=O)O)n2)c1. The van der Waals surface area contributed by atoms with Crippen LogP contribution in [0.25, 0.3) is 11.3 Å². The van der Waals surface area contributed by atoms with Gasteiger partial charge in [0.2, 0.25) is 0 Å². The third-order valence-electron chi connectivity index (χ3n) is 3.06. The Balaban J connectivity index is 2.19. The normalized spacial score (nSPS) is 11.0. The van der Waals surface area contributed by atoms with Crippen LogP contribution in [0.15, 0.2) is 36.4 Å². The van der Waals surface area contributed by atoms with Gasteiger partial charge in [-0.3, -0.25) is 0 Å². The average molecular weight is 346 g/mol. The zero-order valence-corrected chi connectivity index (χ0v) is 14.2. The third kappa shape index (κ3) is 5.56. The number of carbonyl (C=O) groups is 2. The number of hydrogen-bond donors (Lipinski definition) is 2. The zero-order chi connectivity index (χ0) is 18.6. The van der Waals surface area contributed by atoms with E-state index in [2.05, 4.69) is 10.3 Å². The summed E-state index contributed by atoms with van der Waals surface area (Å²) in [7, 11) is 0. The number of benzene rings is 1. The minimum Gasteiger partial charge on any atom is -0.477 e. The standard InChI is InChI=1S/C18H19FN2O4/c1-18(2,3)25-17(24)20-10-11-7-12(9-13(19)8-11)14-5-4-6-15(21-14)16(22)23/h4-9H,10H2,1-3H3,(H,20,24)(H,22,23). The molecule has 0 aliphatic carbocycles. The van der Waals surface area contributed by atoms with Crippen LogP contribution >= 0.6 is 0 Å². The van der Waals surface area contributed by atoms with E-state index in [1.54, 1.807) is 32.9 Å². The maximum atomic E-state index is 13.9. The second kappa shape index (κ2) is 7.29. The second-order valence-corrected chi connectivity index (χ2v) is 6.42. The van der Waals surface area contributed by atoms with Gasteiger partial charge < -0.3 is 15.2 Å². The van der Waals surface area contributed by atoms with Crippen LogP contribution in [0.4, 0.5) is 9.18 Å². The first kappa shape index (κ1) is 18.4. The van der Waals surface area contributed by atoms with E-state index in [1.165, 1.54) is 24.3 Å². The Kier molecular flexibility index (Phi) is 5.36. The molecule has 2 aromatic rings. The number of nitrogens with one attached hydrogen (secondary N) is 1. The van der Waals surface area contributed by atoms with E-state index in [9.17, 15) is 14.0 Å². The Labute approximate surface area is 144 Å². The van der Waals surface area contributed by atoms with Crippen LogP contribution in [0.2, 0.25) is 0 Å². The van der Waals surface area contributed by atoms with Gasteiger partial charge in [-0.1, -0.05) is 6.07 Å². The highest BCUT2D eigenvalue weighted by Gasteiger charge is 2.16. The zero-order valence-electron chi connectivity index (χ0n) is 14.2. The first-order valence-electron chi connectivity index (χ1n) is 7.61. The van der Waals surface area contributed by atoms with Gasteiger partial charge in [0.1, 0.15) is 17.1 Å². The fourth-order valence-corrected chi connectivity index (χ4v) is 2.10. The van der Waals surface area contributed by atoms with Crippen molar-refractivity contribution >= 4 is 12.1 Å². The van der Waals surface area contributed by atoms with Crippen molar-refractivity contribution in [2.45, 2.75) is 32.9 Å². The molecule has 0 spiro atoms. The summed E-state index contributed by atoms with van der Waals surface area (Å²) in [5.74, 6) is -1.67. The van der Waals surface area contributed by atoms with E-state index in [4.69, 9.17) is 9.84 Å². The van der Waals surface area contributed by atoms with Gasteiger partial charge in [0, 0.05) is 12.1 Å². The van der Waals surface area contributed by atoms with Gasteiger partial charge in [-0.25, -0.2) is 19.0 Å². The molecule has 25 heavy (non-hydrogen) atoms. The smallest absolute Gasteiger partial charge is 0.407 e. The Morgan fingerprint density at radius 1 is 1.24 bits per heavy atom. The largest absolute Gasteiger partial charge is 0.477 e. The molecule has 2 rings (SSSR count). The number of nitrogens with zero attached hydrogens (tertiary/aromatic N) is 1. The number of carbonyl (C=O) groups excluding carboxylic acids is 1. The van der Waals surface area contributed by atoms with Gasteiger partial charge in [-0.15, -0.1) is 0 Å². The van der Waals surface area contributed by atoms with E-state index < -0.39 is 23.5 Å². The average Bonchev–Trinajstić information content (AvgIpc) is 2.51. The van der Waals surface area contributed by atoms with E-state index in [-0.39, 0.29) is 12.2 Å². The lowest BCUT2D eigenvalue weighted by Gasteiger charge is -2.19. The molecule has 6 nitrogen and oxygen atoms in total. The van der Waals surface area contributed by atoms with Crippen molar-refractivity contribution in [3.05, 3.63) is 53.5 Å². The highest BCUT2D eigenvalue weighted by atomic mass is 19.1. The second-order valence-electron chi connectivity index (χ2n) is 6.42. The van der Waals surface area contributed by atoms with E-state index in [0.717, 1.165) is 0 Å². The van der Waals surface area contributed by atoms with Crippen LogP contribution < -0.4 is 5.32 Å². The van der Waals surface area contributed by atoms with Crippen molar-refractivity contribution in [1.29, 1.82) is 0 Å². The topological polar surface area (TPSA) is 88.5 Å². The van der Waals surface area contributed by atoms with Gasteiger partial charge in [0.25, 0.3) is 0 Å². The number of aromatic carboxylic acids is 1. The molecule has 1 amide bonds. The summed E-state index contributed by atoms with van der Waals surface area (Å²) in [5, 5.41) is 11.6. The number of aromatic nitrogens is 1. The molecule has 0 aliphatic heterocycles. The third-order valence-corrected chi connectivity index (χ3v) is 3.06. The minimum atomic E-state index is -1.16. The van der Waals surface area contributed by atoms with Crippen molar-refractivity contribution in [3.63, 3.8) is 0 Å². The molecular weight excluding hydrogens is 327 g/mol. The number of hydrogen-bond acceptors (Lipinski definition) is 4. The van der Waals surface area contributed by atoms with Gasteiger partial charge in [0.15, 0.2) is 0 Å². The summed E-state index contributed by atoms with van der Waals surface area (Å²) in [6.07, 6.45) is -0.607. The maximum Gasteiger partial charge on any atom is 0.407 e. The van der Waals surface area contributed by atoms with Crippen molar-refractivity contribution in [3.8, 4) is 11.3 Å². The van der Waals surface area contributed by atoms with Crippen LogP contribution in [0, 0.1) is 5.82 Å². The minimum absolute atomic E-state index is 0.0678. The maximum absolute atomic E-state index is 13.9. The summed E-state index contributed by atoms with van der Waals surface area (Å²) < 4.78 is 19.0. The Hall–Kier alpha value is -2.96. The molecule has 0 aliphatic rings. The number of rotatable bonds is 4. The number of halogens is 1. The highest BCUT2D eigenvalue weighted by molar-refractivity contribution is 5.86. The Morgan fingerprint density at radius 3 is 2.60 bits per heavy atom. The Morgan fingerprint density at radius 2 is 1.96 bits per heavy atom. The van der Waals surface area contributed by atoms with Crippen LogP contribution in [-0.2, 0) is 11.3 Å². The van der Waals surface area contributed by atoms with Crippen molar-refractivity contribution < 1.29 is 23.8 Å². The van der Waals surface area contributed by atoms with Crippen LogP contribution in [0.1, 0.15) is 36.8 Å². The van der Waals surface area contributed by atoms with Gasteiger partial charge in [-0.05, 0) is 56.7 Å². The van der Waals surface area contributed by atoms with Crippen LogP contribution in [-0.4, -0.2) is 27.8 Å². The molecule has 0 fully saturated rings. The summed E-state index contributed by atoms with van der Waals surface area (Å²) in [4.78, 5) is 26.7. The number of amides is 1. The monoisotopic (exact) mass is 346 g/mol. The van der Waals surface area contributed by atoms with Crippen LogP contribution in [0.3, 0.4) is 0 Å². The fourth-order valence-electron chi connectivity index (χ4n) is 2.10. The van der Waals surface area contributed by atoms with E-state index in [1.807, 2.05) is 0 Å². The first-order valence-corrected chi connectivity index (χ1v) is 7.61. The number of carboxylic acids is 1. The molecule has 1 heterocycles. The molecule has 0 saturated heterocycles. The summed E-state index contributed by atoms with van der Waals surface area (Å²) in [5.41, 5.74) is 0.499. The molecule has 2 N–H and O–H groups in total. The molecule has 1 aromatic heterocycles. The highest BCUT2D eigenvalue weighted by Crippen LogP contribution is 2.21. The quantitative estimate of drug-likeness (QED) is 0.883. The van der Waals surface area contributed by atoms with E-state index in [0.29, 0.717) is 16.8 Å². The van der Waals surface area contributed by atoms with Gasteiger partial charge in [-0.2, -0.15) is 0 Å². The molecule has 0 radical (unpaired) electrons. The van der Waals surface area contributed by atoms with Crippen molar-refractivity contribution in [2.24, 2.45) is 0 Å². The Bertz CT molecular complexity index is 800. The van der Waals surface area contributed by atoms with Gasteiger partial charge in [0.05, 0.1) is 5.69 Å². The number of alkyl carbamates (subject to hydrolysis) is 1. The fraction of sp³-hybridized carbons (Fsp3) is 0.278. The predicted octanol–water partition coefficient (Wildman–Crippen LogP) is 3.61. The molecule has 1 aromatic carbocycles. The first-order chi connectivity index (χ1) is 11.6. The molecule has 0 unspecified atom stereocenters. The predicted molar refractivity (Wildman–Crippen MR) is 89.7 cm³/mol. The van der Waals surface area contributed by atoms with Crippen LogP contribution in [0.5, 0.6) is 0 Å². The lowest BCUT2D eigenvalue weighted by Crippen LogP contribution is -2.32. The molecule has 0 saturated carbocycles. The molecule has 0 atom stereocenters. The number of ether oxygens (including phenoxy) is 1. The summed E-state index contributed by atoms with van der Waals surface area (Å²) in [6.45, 7) is 5.30. The summed E-state index contributed by atoms with van der Waals surface area (Å²) >= 11 is 0. The molecular formula is C18H19FN2O4. The number of carboxylic acid groups (broad SMARTS) is 1. The van der Waals surface area contributed by atoms with E-state index >= 15 is 0 Å². The van der Waals surface area contributed by atoms with Crippen molar-refractivity contribution in [1.82, 2.24) is 10.3 Å². The van der Waals surface area contributed by atoms with Gasteiger partial charge >= 0.3 is 12.1 Å². The summed E-state index contributed by atoms with van der Waals surface area (Å²) in [6, 6.07) is 8.65. The van der Waals surface area contributed by atoms with Crippen molar-refractivity contribution in [2.75, 3.05) is 0 Å². The lowest BCUT2D eigenvalue weighted by atomic mass is 10.1. The molecule has 132 valence electrons. The lowest BCUT2D eigenvalue weighted by molar-refractivity contribution is 0.0523. The number of pyridine rings is 1. The molecule has 7 heteroatoms.